The molecule has 3 heteroatoms. The minimum atomic E-state index is 0.0257. The molecular formula is C18H27NO2. The Morgan fingerprint density at radius 1 is 0.810 bits per heavy atom. The van der Waals surface area contributed by atoms with E-state index in [9.17, 15) is 9.59 Å². The van der Waals surface area contributed by atoms with Gasteiger partial charge in [-0.3, -0.25) is 14.9 Å². The molecule has 2 amide bonds. The van der Waals surface area contributed by atoms with Crippen LogP contribution in [-0.4, -0.2) is 11.8 Å². The summed E-state index contributed by atoms with van der Waals surface area (Å²) in [6, 6.07) is 0. The van der Waals surface area contributed by atoms with Gasteiger partial charge in [-0.05, 0) is 48.3 Å². The fourth-order valence-electron chi connectivity index (χ4n) is 6.04. The molecule has 3 nitrogen and oxygen atoms in total. The van der Waals surface area contributed by atoms with Gasteiger partial charge in [0.1, 0.15) is 0 Å². The Kier molecular flexibility index (Phi) is 3.71. The van der Waals surface area contributed by atoms with E-state index in [1.165, 1.54) is 6.42 Å². The van der Waals surface area contributed by atoms with Crippen LogP contribution in [0.15, 0.2) is 12.2 Å². The highest BCUT2D eigenvalue weighted by Crippen LogP contribution is 2.69. The first-order chi connectivity index (χ1) is 10.3. The van der Waals surface area contributed by atoms with Crippen molar-refractivity contribution >= 4 is 11.8 Å². The average molecular weight is 289 g/mol. The summed E-state index contributed by atoms with van der Waals surface area (Å²) >= 11 is 0. The number of amides is 2. The number of fused-ring (bicyclic) bond motifs is 12. The molecule has 4 aliphatic carbocycles. The van der Waals surface area contributed by atoms with Crippen molar-refractivity contribution in [3.8, 4) is 0 Å². The first-order valence-electron chi connectivity index (χ1n) is 8.79. The molecule has 1 heterocycles. The number of carbonyl (C=O) groups excluding carboxylic acids is 2. The Bertz CT molecular complexity index is 444. The van der Waals surface area contributed by atoms with Crippen molar-refractivity contribution in [2.45, 2.75) is 40.5 Å². The summed E-state index contributed by atoms with van der Waals surface area (Å²) in [6.45, 7) is 8.00. The summed E-state index contributed by atoms with van der Waals surface area (Å²) in [4.78, 5) is 23.8. The van der Waals surface area contributed by atoms with Crippen molar-refractivity contribution < 1.29 is 9.59 Å². The average Bonchev–Trinajstić information content (AvgIpc) is 3.28. The zero-order chi connectivity index (χ0) is 15.3. The molecule has 8 atom stereocenters. The standard InChI is InChI=1S/C14H15NO2.2C2H6/c16-13-11-7-4-8(12(11)14(17)15-13)10-6-2-1-5(3-6)9(7)10;2*1-2/h1-2,5-12H,3-4H2,(H,15,16,17);2*1-2H3. The molecule has 5 aliphatic rings. The Morgan fingerprint density at radius 3 is 1.67 bits per heavy atom. The van der Waals surface area contributed by atoms with Gasteiger partial charge in [0.2, 0.25) is 11.8 Å². The number of nitrogens with one attached hydrogen (secondary N) is 1. The van der Waals surface area contributed by atoms with E-state index in [1.807, 2.05) is 27.7 Å². The molecule has 0 aromatic carbocycles. The third-order valence-corrected chi connectivity index (χ3v) is 6.28. The highest BCUT2D eigenvalue weighted by Gasteiger charge is 2.69. The van der Waals surface area contributed by atoms with Gasteiger partial charge < -0.3 is 0 Å². The summed E-state index contributed by atoms with van der Waals surface area (Å²) in [7, 11) is 0. The highest BCUT2D eigenvalue weighted by molar-refractivity contribution is 6.06. The summed E-state index contributed by atoms with van der Waals surface area (Å²) in [5, 5.41) is 2.56. The monoisotopic (exact) mass is 289 g/mol. The molecule has 8 unspecified atom stereocenters. The van der Waals surface area contributed by atoms with Gasteiger partial charge in [0.25, 0.3) is 0 Å². The second kappa shape index (κ2) is 5.26. The van der Waals surface area contributed by atoms with Crippen LogP contribution in [0.3, 0.4) is 0 Å². The number of allylic oxidation sites excluding steroid dienone is 2. The van der Waals surface area contributed by atoms with Crippen LogP contribution in [-0.2, 0) is 9.59 Å². The molecule has 5 rings (SSSR count). The second-order valence-corrected chi connectivity index (χ2v) is 6.57. The fourth-order valence-corrected chi connectivity index (χ4v) is 6.04. The second-order valence-electron chi connectivity index (χ2n) is 6.57. The fraction of sp³-hybridized carbons (Fsp3) is 0.778. The quantitative estimate of drug-likeness (QED) is 0.423. The van der Waals surface area contributed by atoms with Crippen LogP contribution in [0.4, 0.5) is 0 Å². The van der Waals surface area contributed by atoms with Gasteiger partial charge in [-0.15, -0.1) is 0 Å². The molecular weight excluding hydrogens is 262 g/mol. The normalized spacial score (nSPS) is 49.9. The number of hydrogen-bond acceptors (Lipinski definition) is 2. The first kappa shape index (κ1) is 14.8. The number of imide groups is 1. The van der Waals surface area contributed by atoms with Gasteiger partial charge in [-0.1, -0.05) is 39.8 Å². The van der Waals surface area contributed by atoms with Gasteiger partial charge in [0.05, 0.1) is 11.8 Å². The van der Waals surface area contributed by atoms with Crippen LogP contribution in [0.5, 0.6) is 0 Å². The van der Waals surface area contributed by atoms with Crippen LogP contribution >= 0.6 is 0 Å². The zero-order valence-corrected chi connectivity index (χ0v) is 13.5. The van der Waals surface area contributed by atoms with Crippen molar-refractivity contribution in [3.05, 3.63) is 12.2 Å². The van der Waals surface area contributed by atoms with Crippen molar-refractivity contribution in [1.82, 2.24) is 5.32 Å². The van der Waals surface area contributed by atoms with E-state index >= 15 is 0 Å². The molecule has 0 aromatic rings. The molecule has 0 radical (unpaired) electrons. The molecule has 4 fully saturated rings. The maximum atomic E-state index is 11.9. The SMILES string of the molecule is CC.CC.O=C1NC(=O)C2C3CC(C12)C1C2C=CC(C2)C31. The minimum Gasteiger partial charge on any atom is -0.296 e. The summed E-state index contributed by atoms with van der Waals surface area (Å²) in [6.07, 6.45) is 7.17. The lowest BCUT2D eigenvalue weighted by molar-refractivity contribution is -0.127. The predicted octanol–water partition coefficient (Wildman–Crippen LogP) is 3.02. The van der Waals surface area contributed by atoms with Gasteiger partial charge in [0.15, 0.2) is 0 Å². The molecule has 21 heavy (non-hydrogen) atoms. The molecule has 0 aromatic heterocycles. The van der Waals surface area contributed by atoms with Crippen LogP contribution in [0.25, 0.3) is 0 Å². The number of rotatable bonds is 0. The Hall–Kier alpha value is -1.12. The smallest absolute Gasteiger partial charge is 0.230 e. The van der Waals surface area contributed by atoms with E-state index in [2.05, 4.69) is 17.5 Å². The van der Waals surface area contributed by atoms with Crippen molar-refractivity contribution in [1.29, 1.82) is 0 Å². The van der Waals surface area contributed by atoms with Gasteiger partial charge in [-0.25, -0.2) is 0 Å². The van der Waals surface area contributed by atoms with Crippen molar-refractivity contribution in [3.63, 3.8) is 0 Å². The Morgan fingerprint density at radius 2 is 1.24 bits per heavy atom. The van der Waals surface area contributed by atoms with Crippen molar-refractivity contribution in [2.75, 3.05) is 0 Å². The molecule has 1 aliphatic heterocycles. The van der Waals surface area contributed by atoms with Gasteiger partial charge in [-0.2, -0.15) is 0 Å². The molecule has 4 bridgehead atoms. The minimum absolute atomic E-state index is 0.0257. The Balaban J connectivity index is 0.000000308. The van der Waals surface area contributed by atoms with E-state index in [4.69, 9.17) is 0 Å². The maximum Gasteiger partial charge on any atom is 0.230 e. The van der Waals surface area contributed by atoms with E-state index < -0.39 is 0 Å². The molecule has 1 N–H and O–H groups in total. The van der Waals surface area contributed by atoms with E-state index in [-0.39, 0.29) is 23.7 Å². The molecule has 0 spiro atoms. The van der Waals surface area contributed by atoms with Crippen LogP contribution in [0.1, 0.15) is 40.5 Å². The summed E-state index contributed by atoms with van der Waals surface area (Å²) in [5.41, 5.74) is 0. The summed E-state index contributed by atoms with van der Waals surface area (Å²) < 4.78 is 0. The van der Waals surface area contributed by atoms with Crippen LogP contribution in [0, 0.1) is 47.3 Å². The predicted molar refractivity (Wildman–Crippen MR) is 82.1 cm³/mol. The topological polar surface area (TPSA) is 46.2 Å². The van der Waals surface area contributed by atoms with E-state index in [0.717, 1.165) is 6.42 Å². The highest BCUT2D eigenvalue weighted by atomic mass is 16.2. The van der Waals surface area contributed by atoms with E-state index in [0.29, 0.717) is 35.5 Å². The van der Waals surface area contributed by atoms with Gasteiger partial charge >= 0.3 is 0 Å². The largest absolute Gasteiger partial charge is 0.296 e. The number of carbonyl (C=O) groups is 2. The number of hydrogen-bond donors (Lipinski definition) is 1. The third-order valence-electron chi connectivity index (χ3n) is 6.28. The van der Waals surface area contributed by atoms with E-state index in [1.54, 1.807) is 0 Å². The molecule has 1 saturated heterocycles. The Labute approximate surface area is 127 Å². The summed E-state index contributed by atoms with van der Waals surface area (Å²) in [5.74, 6) is 3.97. The van der Waals surface area contributed by atoms with Crippen LogP contribution < -0.4 is 5.32 Å². The van der Waals surface area contributed by atoms with Crippen molar-refractivity contribution in [2.24, 2.45) is 47.3 Å². The van der Waals surface area contributed by atoms with Gasteiger partial charge in [0, 0.05) is 0 Å². The first-order valence-corrected chi connectivity index (χ1v) is 8.79. The lowest BCUT2D eigenvalue weighted by Gasteiger charge is -2.36. The van der Waals surface area contributed by atoms with Crippen LogP contribution in [0.2, 0.25) is 0 Å². The maximum absolute atomic E-state index is 11.9. The zero-order valence-electron chi connectivity index (χ0n) is 13.5. The lowest BCUT2D eigenvalue weighted by Crippen LogP contribution is -2.38. The third kappa shape index (κ3) is 1.72. The lowest BCUT2D eigenvalue weighted by atomic mass is 9.65. The molecule has 116 valence electrons. The molecule has 3 saturated carbocycles.